The van der Waals surface area contributed by atoms with E-state index in [9.17, 15) is 8.78 Å². The molecule has 1 aromatic rings. The molecule has 2 N–H and O–H groups in total. The van der Waals surface area contributed by atoms with Crippen LogP contribution in [0.3, 0.4) is 0 Å². The molecule has 17 heavy (non-hydrogen) atoms. The summed E-state index contributed by atoms with van der Waals surface area (Å²) in [7, 11) is 0. The smallest absolute Gasteiger partial charge is 0.160 e. The average molecular weight is 262 g/mol. The van der Waals surface area contributed by atoms with E-state index in [0.717, 1.165) is 18.9 Å². The molecule has 4 heteroatoms. The summed E-state index contributed by atoms with van der Waals surface area (Å²) >= 11 is 5.88. The van der Waals surface area contributed by atoms with Crippen LogP contribution in [0.1, 0.15) is 32.3 Å². The zero-order valence-electron chi connectivity index (χ0n) is 10.2. The Labute approximate surface area is 106 Å². The monoisotopic (exact) mass is 261 g/mol. The van der Waals surface area contributed by atoms with Gasteiger partial charge in [-0.25, -0.2) is 8.78 Å². The van der Waals surface area contributed by atoms with Crippen molar-refractivity contribution in [1.29, 1.82) is 0 Å². The lowest BCUT2D eigenvalue weighted by molar-refractivity contribution is 0.313. The van der Waals surface area contributed by atoms with Gasteiger partial charge in [0.1, 0.15) is 0 Å². The molecule has 0 heterocycles. The second kappa shape index (κ2) is 5.78. The van der Waals surface area contributed by atoms with Gasteiger partial charge in [-0.05, 0) is 48.9 Å². The fraction of sp³-hybridized carbons (Fsp3) is 0.538. The van der Waals surface area contributed by atoms with Crippen LogP contribution < -0.4 is 5.73 Å². The molecule has 1 rings (SSSR count). The Balaban J connectivity index is 2.73. The maximum absolute atomic E-state index is 13.1. The quantitative estimate of drug-likeness (QED) is 0.799. The fourth-order valence-electron chi connectivity index (χ4n) is 1.74. The molecular formula is C13H18ClF2N. The van der Waals surface area contributed by atoms with Gasteiger partial charge in [-0.3, -0.25) is 0 Å². The zero-order chi connectivity index (χ0) is 13.1. The first-order valence-electron chi connectivity index (χ1n) is 5.69. The van der Waals surface area contributed by atoms with Crippen molar-refractivity contribution in [3.8, 4) is 0 Å². The molecule has 0 aromatic heterocycles. The molecule has 0 atom stereocenters. The third-order valence-electron chi connectivity index (χ3n) is 2.98. The van der Waals surface area contributed by atoms with Crippen molar-refractivity contribution in [3.05, 3.63) is 34.4 Å². The van der Waals surface area contributed by atoms with Crippen LogP contribution in [0.25, 0.3) is 0 Å². The highest BCUT2D eigenvalue weighted by molar-refractivity contribution is 6.31. The fourth-order valence-corrected chi connectivity index (χ4v) is 1.99. The largest absolute Gasteiger partial charge is 0.330 e. The minimum atomic E-state index is -0.903. The van der Waals surface area contributed by atoms with Gasteiger partial charge in [0.2, 0.25) is 0 Å². The Bertz CT molecular complexity index is 391. The van der Waals surface area contributed by atoms with Crippen LogP contribution in [0.5, 0.6) is 0 Å². The van der Waals surface area contributed by atoms with Gasteiger partial charge in [0.25, 0.3) is 0 Å². The van der Waals surface area contributed by atoms with Gasteiger partial charge in [-0.1, -0.05) is 25.4 Å². The maximum atomic E-state index is 13.1. The molecule has 0 aliphatic heterocycles. The van der Waals surface area contributed by atoms with Crippen molar-refractivity contribution in [2.45, 2.75) is 33.1 Å². The van der Waals surface area contributed by atoms with Crippen LogP contribution in [0.2, 0.25) is 5.02 Å². The van der Waals surface area contributed by atoms with Gasteiger partial charge in [0, 0.05) is 5.02 Å². The lowest BCUT2D eigenvalue weighted by atomic mass is 9.83. The Hall–Kier alpha value is -0.670. The Morgan fingerprint density at radius 2 is 1.76 bits per heavy atom. The minimum Gasteiger partial charge on any atom is -0.330 e. The molecule has 0 saturated heterocycles. The van der Waals surface area contributed by atoms with Crippen LogP contribution in [-0.2, 0) is 6.42 Å². The summed E-state index contributed by atoms with van der Waals surface area (Å²) in [4.78, 5) is 0. The second-order valence-corrected chi connectivity index (χ2v) is 5.47. The van der Waals surface area contributed by atoms with Gasteiger partial charge < -0.3 is 5.73 Å². The predicted molar refractivity (Wildman–Crippen MR) is 67.1 cm³/mol. The average Bonchev–Trinajstić information content (AvgIpc) is 2.21. The highest BCUT2D eigenvalue weighted by Crippen LogP contribution is 2.29. The lowest BCUT2D eigenvalue weighted by Gasteiger charge is -2.23. The number of hydrogen-bond acceptors (Lipinski definition) is 1. The van der Waals surface area contributed by atoms with E-state index < -0.39 is 11.6 Å². The zero-order valence-corrected chi connectivity index (χ0v) is 11.0. The first-order chi connectivity index (χ1) is 7.85. The summed E-state index contributed by atoms with van der Waals surface area (Å²) in [5.74, 6) is -1.75. The lowest BCUT2D eigenvalue weighted by Crippen LogP contribution is -2.18. The highest BCUT2D eigenvalue weighted by atomic mass is 35.5. The molecule has 0 bridgehead atoms. The molecule has 96 valence electrons. The summed E-state index contributed by atoms with van der Waals surface area (Å²) in [5, 5.41) is 0.285. The molecule has 0 aliphatic rings. The van der Waals surface area contributed by atoms with Crippen LogP contribution in [0.15, 0.2) is 12.1 Å². The van der Waals surface area contributed by atoms with Gasteiger partial charge in [0.05, 0.1) is 0 Å². The molecular weight excluding hydrogens is 244 g/mol. The van der Waals surface area contributed by atoms with E-state index in [0.29, 0.717) is 18.5 Å². The Kier molecular flexibility index (Phi) is 4.90. The standard InChI is InChI=1S/C13H18ClF2N/c1-13(2,5-6-17)4-3-9-7-11(15)12(16)8-10(9)14/h7-8H,3-6,17H2,1-2H3. The number of aryl methyl sites for hydroxylation is 1. The number of nitrogens with two attached hydrogens (primary N) is 1. The van der Waals surface area contributed by atoms with Crippen LogP contribution in [0.4, 0.5) is 8.78 Å². The molecule has 0 unspecified atom stereocenters. The highest BCUT2D eigenvalue weighted by Gasteiger charge is 2.18. The second-order valence-electron chi connectivity index (χ2n) is 5.06. The molecule has 0 amide bonds. The molecule has 0 aliphatic carbocycles. The van der Waals surface area contributed by atoms with E-state index in [1.165, 1.54) is 6.07 Å². The first-order valence-corrected chi connectivity index (χ1v) is 6.07. The Morgan fingerprint density at radius 3 is 2.35 bits per heavy atom. The van der Waals surface area contributed by atoms with Gasteiger partial charge in [-0.2, -0.15) is 0 Å². The molecule has 0 radical (unpaired) electrons. The summed E-state index contributed by atoms with van der Waals surface area (Å²) in [6.45, 7) is 4.83. The van der Waals surface area contributed by atoms with E-state index in [4.69, 9.17) is 17.3 Å². The van der Waals surface area contributed by atoms with E-state index in [1.54, 1.807) is 0 Å². The number of benzene rings is 1. The van der Waals surface area contributed by atoms with Crippen molar-refractivity contribution in [2.24, 2.45) is 11.1 Å². The van der Waals surface area contributed by atoms with E-state index in [2.05, 4.69) is 13.8 Å². The first kappa shape index (κ1) is 14.4. The number of halogens is 3. The van der Waals surface area contributed by atoms with Crippen LogP contribution in [-0.4, -0.2) is 6.54 Å². The van der Waals surface area contributed by atoms with Crippen molar-refractivity contribution in [2.75, 3.05) is 6.54 Å². The molecule has 0 spiro atoms. The van der Waals surface area contributed by atoms with E-state index in [1.807, 2.05) is 0 Å². The topological polar surface area (TPSA) is 26.0 Å². The van der Waals surface area contributed by atoms with Crippen LogP contribution >= 0.6 is 11.6 Å². The molecule has 0 fully saturated rings. The van der Waals surface area contributed by atoms with Crippen molar-refractivity contribution < 1.29 is 8.78 Å². The molecule has 1 nitrogen and oxygen atoms in total. The Morgan fingerprint density at radius 1 is 1.18 bits per heavy atom. The number of rotatable bonds is 5. The van der Waals surface area contributed by atoms with Crippen molar-refractivity contribution in [3.63, 3.8) is 0 Å². The van der Waals surface area contributed by atoms with Gasteiger partial charge in [-0.15, -0.1) is 0 Å². The summed E-state index contributed by atoms with van der Waals surface area (Å²) in [6, 6.07) is 2.21. The minimum absolute atomic E-state index is 0.0863. The normalized spacial score (nSPS) is 11.9. The third-order valence-corrected chi connectivity index (χ3v) is 3.33. The van der Waals surface area contributed by atoms with Gasteiger partial charge >= 0.3 is 0 Å². The summed E-state index contributed by atoms with van der Waals surface area (Å²) < 4.78 is 26.0. The van der Waals surface area contributed by atoms with Crippen molar-refractivity contribution >= 4 is 11.6 Å². The maximum Gasteiger partial charge on any atom is 0.160 e. The van der Waals surface area contributed by atoms with E-state index in [-0.39, 0.29) is 10.4 Å². The summed E-state index contributed by atoms with van der Waals surface area (Å²) in [6.07, 6.45) is 2.37. The van der Waals surface area contributed by atoms with Gasteiger partial charge in [0.15, 0.2) is 11.6 Å². The third kappa shape index (κ3) is 4.25. The SMILES string of the molecule is CC(C)(CCN)CCc1cc(F)c(F)cc1Cl. The predicted octanol–water partition coefficient (Wildman–Crippen LogP) is 3.93. The molecule has 1 aromatic carbocycles. The molecule has 0 saturated carbocycles. The van der Waals surface area contributed by atoms with Crippen molar-refractivity contribution in [1.82, 2.24) is 0 Å². The van der Waals surface area contributed by atoms with Crippen LogP contribution in [0, 0.1) is 17.0 Å². The number of hydrogen-bond donors (Lipinski definition) is 1. The summed E-state index contributed by atoms with van der Waals surface area (Å²) in [5.41, 5.74) is 6.26. The van der Waals surface area contributed by atoms with E-state index >= 15 is 0 Å².